The fourth-order valence-corrected chi connectivity index (χ4v) is 2.28. The minimum atomic E-state index is -0.394. The third kappa shape index (κ3) is 2.99. The van der Waals surface area contributed by atoms with Crippen molar-refractivity contribution in [1.29, 1.82) is 0 Å². The number of rotatable bonds is 4. The van der Waals surface area contributed by atoms with E-state index in [4.69, 9.17) is 4.74 Å². The summed E-state index contributed by atoms with van der Waals surface area (Å²) in [6.07, 6.45) is 3.32. The molecular formula is C15H18N2O3. The fourth-order valence-electron chi connectivity index (χ4n) is 2.28. The molecule has 106 valence electrons. The van der Waals surface area contributed by atoms with E-state index in [1.54, 1.807) is 24.3 Å². The lowest BCUT2D eigenvalue weighted by atomic mass is 10.1. The van der Waals surface area contributed by atoms with Gasteiger partial charge in [-0.25, -0.2) is 0 Å². The number of benzene rings is 1. The molecule has 0 unspecified atom stereocenters. The fraction of sp³-hybridized carbons (Fsp3) is 0.467. The second kappa shape index (κ2) is 5.63. The number of para-hydroxylation sites is 1. The van der Waals surface area contributed by atoms with Crippen molar-refractivity contribution in [3.63, 3.8) is 0 Å². The van der Waals surface area contributed by atoms with Gasteiger partial charge in [-0.05, 0) is 37.8 Å². The Morgan fingerprint density at radius 2 is 1.95 bits per heavy atom. The normalized spacial score (nSPS) is 21.5. The van der Waals surface area contributed by atoms with E-state index in [0.29, 0.717) is 23.9 Å². The second-order valence-electron chi connectivity index (χ2n) is 5.28. The number of hydrogen-bond acceptors (Lipinski definition) is 3. The lowest BCUT2D eigenvalue weighted by Crippen LogP contribution is -2.30. The Hall–Kier alpha value is -1.88. The zero-order chi connectivity index (χ0) is 13.9. The summed E-state index contributed by atoms with van der Waals surface area (Å²) in [5, 5.41) is 5.73. The first kappa shape index (κ1) is 13.1. The zero-order valence-corrected chi connectivity index (χ0v) is 11.2. The van der Waals surface area contributed by atoms with Crippen LogP contribution >= 0.6 is 0 Å². The van der Waals surface area contributed by atoms with E-state index in [0.717, 1.165) is 25.7 Å². The summed E-state index contributed by atoms with van der Waals surface area (Å²) < 4.78 is 5.35. The van der Waals surface area contributed by atoms with Crippen LogP contribution in [0.1, 0.15) is 36.0 Å². The molecule has 1 heterocycles. The molecule has 1 aliphatic carbocycles. The molecule has 2 amide bonds. The first-order valence-corrected chi connectivity index (χ1v) is 7.06. The van der Waals surface area contributed by atoms with Crippen molar-refractivity contribution >= 4 is 17.5 Å². The lowest BCUT2D eigenvalue weighted by molar-refractivity contribution is -0.124. The van der Waals surface area contributed by atoms with Crippen LogP contribution in [0.4, 0.5) is 5.69 Å². The molecule has 20 heavy (non-hydrogen) atoms. The molecule has 5 nitrogen and oxygen atoms in total. The van der Waals surface area contributed by atoms with E-state index < -0.39 is 6.10 Å². The van der Waals surface area contributed by atoms with Crippen LogP contribution in [-0.4, -0.2) is 30.6 Å². The van der Waals surface area contributed by atoms with Gasteiger partial charge >= 0.3 is 0 Å². The van der Waals surface area contributed by atoms with Gasteiger partial charge in [-0.1, -0.05) is 12.1 Å². The Morgan fingerprint density at radius 3 is 2.65 bits per heavy atom. The summed E-state index contributed by atoms with van der Waals surface area (Å²) in [6, 6.07) is 7.37. The van der Waals surface area contributed by atoms with Gasteiger partial charge in [-0.2, -0.15) is 0 Å². The highest BCUT2D eigenvalue weighted by atomic mass is 16.5. The Bertz CT molecular complexity index is 520. The molecule has 0 radical (unpaired) electrons. The van der Waals surface area contributed by atoms with Gasteiger partial charge < -0.3 is 15.4 Å². The molecule has 1 aliphatic heterocycles. The Kier molecular flexibility index (Phi) is 3.69. The van der Waals surface area contributed by atoms with E-state index >= 15 is 0 Å². The van der Waals surface area contributed by atoms with Gasteiger partial charge in [-0.15, -0.1) is 0 Å². The lowest BCUT2D eigenvalue weighted by Gasteiger charge is -2.13. The molecule has 0 bridgehead atoms. The van der Waals surface area contributed by atoms with Crippen LogP contribution < -0.4 is 10.6 Å². The van der Waals surface area contributed by atoms with Crippen LogP contribution in [0.25, 0.3) is 0 Å². The van der Waals surface area contributed by atoms with Gasteiger partial charge in [0.15, 0.2) is 0 Å². The first-order valence-electron chi connectivity index (χ1n) is 7.06. The Labute approximate surface area is 117 Å². The SMILES string of the molecule is O=C(NC1CC1)c1ccccc1NC(=O)[C@@H]1CCCO1. The molecule has 1 aromatic carbocycles. The molecule has 3 rings (SSSR count). The number of carbonyl (C=O) groups is 2. The Morgan fingerprint density at radius 1 is 1.15 bits per heavy atom. The zero-order valence-electron chi connectivity index (χ0n) is 11.2. The van der Waals surface area contributed by atoms with Crippen LogP contribution in [0.3, 0.4) is 0 Å². The highest BCUT2D eigenvalue weighted by Gasteiger charge is 2.27. The number of carbonyl (C=O) groups excluding carboxylic acids is 2. The van der Waals surface area contributed by atoms with Crippen molar-refractivity contribution in [3.8, 4) is 0 Å². The summed E-state index contributed by atoms with van der Waals surface area (Å²) in [4.78, 5) is 24.2. The molecule has 0 spiro atoms. The molecule has 2 aliphatic rings. The third-order valence-electron chi connectivity index (χ3n) is 3.56. The first-order chi connectivity index (χ1) is 9.74. The predicted octanol–water partition coefficient (Wildman–Crippen LogP) is 1.70. The van der Waals surface area contributed by atoms with Gasteiger partial charge in [0.05, 0.1) is 11.3 Å². The smallest absolute Gasteiger partial charge is 0.253 e. The van der Waals surface area contributed by atoms with Gasteiger partial charge in [0.25, 0.3) is 11.8 Å². The van der Waals surface area contributed by atoms with Crippen molar-refractivity contribution < 1.29 is 14.3 Å². The van der Waals surface area contributed by atoms with E-state index in [9.17, 15) is 9.59 Å². The van der Waals surface area contributed by atoms with E-state index in [-0.39, 0.29) is 11.8 Å². The molecular weight excluding hydrogens is 256 g/mol. The molecule has 1 saturated heterocycles. The molecule has 2 fully saturated rings. The van der Waals surface area contributed by atoms with Crippen molar-refractivity contribution in [2.45, 2.75) is 37.8 Å². The molecule has 1 saturated carbocycles. The summed E-state index contributed by atoms with van der Waals surface area (Å²) in [5.74, 6) is -0.301. The summed E-state index contributed by atoms with van der Waals surface area (Å²) >= 11 is 0. The Balaban J connectivity index is 1.71. The van der Waals surface area contributed by atoms with Gasteiger partial charge in [-0.3, -0.25) is 9.59 Å². The monoisotopic (exact) mass is 274 g/mol. The highest BCUT2D eigenvalue weighted by molar-refractivity contribution is 6.04. The predicted molar refractivity (Wildman–Crippen MR) is 74.5 cm³/mol. The average Bonchev–Trinajstić information content (AvgIpc) is 3.08. The molecule has 1 aromatic rings. The summed E-state index contributed by atoms with van der Waals surface area (Å²) in [7, 11) is 0. The molecule has 2 N–H and O–H groups in total. The number of anilines is 1. The van der Waals surface area contributed by atoms with Crippen molar-refractivity contribution in [2.24, 2.45) is 0 Å². The number of amides is 2. The number of nitrogens with one attached hydrogen (secondary N) is 2. The average molecular weight is 274 g/mol. The van der Waals surface area contributed by atoms with Crippen LogP contribution in [0.2, 0.25) is 0 Å². The van der Waals surface area contributed by atoms with Crippen molar-refractivity contribution in [3.05, 3.63) is 29.8 Å². The quantitative estimate of drug-likeness (QED) is 0.878. The standard InChI is InChI=1S/C15H18N2O3/c18-14(16-10-7-8-10)11-4-1-2-5-12(11)17-15(19)13-6-3-9-20-13/h1-2,4-5,10,13H,3,6-9H2,(H,16,18)(H,17,19)/t13-/m0/s1. The summed E-state index contributed by atoms with van der Waals surface area (Å²) in [6.45, 7) is 0.627. The van der Waals surface area contributed by atoms with E-state index in [2.05, 4.69) is 10.6 Å². The molecule has 5 heteroatoms. The van der Waals surface area contributed by atoms with Crippen LogP contribution in [0.5, 0.6) is 0 Å². The number of hydrogen-bond donors (Lipinski definition) is 2. The van der Waals surface area contributed by atoms with Crippen LogP contribution in [0, 0.1) is 0 Å². The van der Waals surface area contributed by atoms with Gasteiger partial charge in [0, 0.05) is 12.6 Å². The minimum absolute atomic E-state index is 0.129. The summed E-state index contributed by atoms with van der Waals surface area (Å²) in [5.41, 5.74) is 1.05. The van der Waals surface area contributed by atoms with Crippen molar-refractivity contribution in [1.82, 2.24) is 5.32 Å². The number of ether oxygens (including phenoxy) is 1. The van der Waals surface area contributed by atoms with E-state index in [1.165, 1.54) is 0 Å². The maximum atomic E-state index is 12.1. The van der Waals surface area contributed by atoms with Gasteiger partial charge in [0.1, 0.15) is 6.10 Å². The largest absolute Gasteiger partial charge is 0.368 e. The topological polar surface area (TPSA) is 67.4 Å². The van der Waals surface area contributed by atoms with Crippen LogP contribution in [0.15, 0.2) is 24.3 Å². The minimum Gasteiger partial charge on any atom is -0.368 e. The highest BCUT2D eigenvalue weighted by Crippen LogP contribution is 2.22. The second-order valence-corrected chi connectivity index (χ2v) is 5.28. The maximum absolute atomic E-state index is 12.1. The van der Waals surface area contributed by atoms with Crippen molar-refractivity contribution in [2.75, 3.05) is 11.9 Å². The third-order valence-corrected chi connectivity index (χ3v) is 3.56. The maximum Gasteiger partial charge on any atom is 0.253 e. The van der Waals surface area contributed by atoms with E-state index in [1.807, 2.05) is 0 Å². The van der Waals surface area contributed by atoms with Crippen LogP contribution in [-0.2, 0) is 9.53 Å². The molecule has 0 aromatic heterocycles. The van der Waals surface area contributed by atoms with Gasteiger partial charge in [0.2, 0.25) is 0 Å². The molecule has 1 atom stereocenters.